The number of carboxylic acid groups (broad SMARTS) is 1. The Morgan fingerprint density at radius 3 is 2.43 bits per heavy atom. The molecule has 0 bridgehead atoms. The fourth-order valence-corrected chi connectivity index (χ4v) is 2.28. The lowest BCUT2D eigenvalue weighted by Gasteiger charge is -2.08. The minimum Gasteiger partial charge on any atom is -0.481 e. The van der Waals surface area contributed by atoms with Crippen LogP contribution in [0.25, 0.3) is 0 Å². The summed E-state index contributed by atoms with van der Waals surface area (Å²) in [5.41, 5.74) is 2.35. The molecule has 3 N–H and O–H groups in total. The van der Waals surface area contributed by atoms with Gasteiger partial charge in [0.05, 0.1) is 6.42 Å². The average Bonchev–Trinajstić information content (AvgIpc) is 2.49. The highest BCUT2D eigenvalue weighted by Crippen LogP contribution is 2.11. The Morgan fingerprint density at radius 1 is 1.04 bits per heavy atom. The van der Waals surface area contributed by atoms with E-state index >= 15 is 0 Å². The Bertz CT molecular complexity index is 686. The molecule has 0 saturated heterocycles. The average molecular weight is 333 g/mol. The summed E-state index contributed by atoms with van der Waals surface area (Å²) in [5.74, 6) is -0.885. The molecule has 2 aromatic rings. The van der Waals surface area contributed by atoms with Gasteiger partial charge in [-0.1, -0.05) is 35.9 Å². The maximum Gasteiger partial charge on any atom is 0.319 e. The second-order valence-corrected chi connectivity index (χ2v) is 5.46. The molecular weight excluding hydrogens is 316 g/mol. The first-order valence-electron chi connectivity index (χ1n) is 7.13. The zero-order chi connectivity index (χ0) is 16.7. The van der Waals surface area contributed by atoms with Gasteiger partial charge in [-0.25, -0.2) is 4.79 Å². The van der Waals surface area contributed by atoms with Crippen LogP contribution in [0.3, 0.4) is 0 Å². The topological polar surface area (TPSA) is 78.4 Å². The van der Waals surface area contributed by atoms with Gasteiger partial charge in [-0.05, 0) is 41.8 Å². The lowest BCUT2D eigenvalue weighted by Crippen LogP contribution is -2.30. The van der Waals surface area contributed by atoms with Crippen LogP contribution in [-0.4, -0.2) is 23.7 Å². The Kier molecular flexibility index (Phi) is 6.00. The number of carbonyl (C=O) groups excluding carboxylic acids is 1. The first-order chi connectivity index (χ1) is 11.0. The molecule has 0 unspecified atom stereocenters. The molecule has 2 amide bonds. The van der Waals surface area contributed by atoms with Gasteiger partial charge in [0.1, 0.15) is 0 Å². The normalized spacial score (nSPS) is 10.1. The van der Waals surface area contributed by atoms with Crippen LogP contribution in [0, 0.1) is 0 Å². The van der Waals surface area contributed by atoms with Gasteiger partial charge in [0, 0.05) is 17.3 Å². The first kappa shape index (κ1) is 16.8. The highest BCUT2D eigenvalue weighted by molar-refractivity contribution is 6.30. The number of urea groups is 1. The van der Waals surface area contributed by atoms with Gasteiger partial charge >= 0.3 is 12.0 Å². The maximum absolute atomic E-state index is 11.8. The summed E-state index contributed by atoms with van der Waals surface area (Å²) in [6.07, 6.45) is 0.650. The summed E-state index contributed by atoms with van der Waals surface area (Å²) in [4.78, 5) is 22.4. The van der Waals surface area contributed by atoms with Crippen LogP contribution in [0.2, 0.25) is 5.02 Å². The van der Waals surface area contributed by atoms with Crippen LogP contribution in [0.4, 0.5) is 10.5 Å². The summed E-state index contributed by atoms with van der Waals surface area (Å²) in [5, 5.41) is 14.8. The van der Waals surface area contributed by atoms with Crippen molar-refractivity contribution in [3.63, 3.8) is 0 Å². The van der Waals surface area contributed by atoms with Gasteiger partial charge in [0.15, 0.2) is 0 Å². The quantitative estimate of drug-likeness (QED) is 0.759. The molecule has 0 heterocycles. The third kappa shape index (κ3) is 6.00. The molecule has 0 aromatic heterocycles. The molecule has 5 nitrogen and oxygen atoms in total. The predicted molar refractivity (Wildman–Crippen MR) is 90.0 cm³/mol. The fraction of sp³-hybridized carbons (Fsp3) is 0.176. The number of nitrogens with one attached hydrogen (secondary N) is 2. The minimum atomic E-state index is -0.885. The SMILES string of the molecule is O=C(O)Cc1ccc(NC(=O)NCCc2cccc(Cl)c2)cc1. The second kappa shape index (κ2) is 8.19. The highest BCUT2D eigenvalue weighted by Gasteiger charge is 2.03. The van der Waals surface area contributed by atoms with E-state index in [9.17, 15) is 9.59 Å². The molecule has 2 aromatic carbocycles. The Hall–Kier alpha value is -2.53. The van der Waals surface area contributed by atoms with Crippen molar-refractivity contribution in [1.82, 2.24) is 5.32 Å². The van der Waals surface area contributed by atoms with Gasteiger partial charge < -0.3 is 15.7 Å². The Morgan fingerprint density at radius 2 is 1.78 bits per heavy atom. The molecule has 120 valence electrons. The zero-order valence-electron chi connectivity index (χ0n) is 12.4. The summed E-state index contributed by atoms with van der Waals surface area (Å²) in [7, 11) is 0. The van der Waals surface area contributed by atoms with E-state index in [0.717, 1.165) is 5.56 Å². The monoisotopic (exact) mass is 332 g/mol. The van der Waals surface area contributed by atoms with E-state index < -0.39 is 5.97 Å². The number of hydrogen-bond acceptors (Lipinski definition) is 2. The fourth-order valence-electron chi connectivity index (χ4n) is 2.07. The van der Waals surface area contributed by atoms with Crippen molar-refractivity contribution in [2.75, 3.05) is 11.9 Å². The predicted octanol–water partition coefficient (Wildman–Crippen LogP) is 3.33. The third-order valence-corrected chi connectivity index (χ3v) is 3.39. The van der Waals surface area contributed by atoms with E-state index in [1.807, 2.05) is 18.2 Å². The van der Waals surface area contributed by atoms with Crippen molar-refractivity contribution in [2.24, 2.45) is 0 Å². The van der Waals surface area contributed by atoms with Crippen molar-refractivity contribution < 1.29 is 14.7 Å². The smallest absolute Gasteiger partial charge is 0.319 e. The van der Waals surface area contributed by atoms with Crippen LogP contribution in [-0.2, 0) is 17.6 Å². The first-order valence-corrected chi connectivity index (χ1v) is 7.51. The summed E-state index contributed by atoms with van der Waals surface area (Å²) < 4.78 is 0. The molecule has 0 saturated carbocycles. The number of amides is 2. The highest BCUT2D eigenvalue weighted by atomic mass is 35.5. The molecule has 0 spiro atoms. The molecule has 0 radical (unpaired) electrons. The van der Waals surface area contributed by atoms with Crippen molar-refractivity contribution in [1.29, 1.82) is 0 Å². The summed E-state index contributed by atoms with van der Waals surface area (Å²) >= 11 is 5.90. The summed E-state index contributed by atoms with van der Waals surface area (Å²) in [6.45, 7) is 0.489. The van der Waals surface area contributed by atoms with Crippen molar-refractivity contribution in [3.8, 4) is 0 Å². The number of rotatable bonds is 6. The number of carboxylic acids is 1. The number of anilines is 1. The van der Waals surface area contributed by atoms with Gasteiger partial charge in [0.25, 0.3) is 0 Å². The lowest BCUT2D eigenvalue weighted by atomic mass is 10.1. The standard InChI is InChI=1S/C17H17ClN2O3/c18-14-3-1-2-12(10-14)8-9-19-17(23)20-15-6-4-13(5-7-15)11-16(21)22/h1-7,10H,8-9,11H2,(H,21,22)(H2,19,20,23). The van der Waals surface area contributed by atoms with Crippen LogP contribution in [0.15, 0.2) is 48.5 Å². The van der Waals surface area contributed by atoms with E-state index in [0.29, 0.717) is 29.2 Å². The van der Waals surface area contributed by atoms with Gasteiger partial charge in [-0.15, -0.1) is 0 Å². The molecule has 0 aliphatic carbocycles. The lowest BCUT2D eigenvalue weighted by molar-refractivity contribution is -0.136. The molecule has 0 atom stereocenters. The van der Waals surface area contributed by atoms with E-state index in [2.05, 4.69) is 10.6 Å². The van der Waals surface area contributed by atoms with Crippen molar-refractivity contribution in [2.45, 2.75) is 12.8 Å². The van der Waals surface area contributed by atoms with Gasteiger partial charge in [-0.2, -0.15) is 0 Å². The Balaban J connectivity index is 1.77. The van der Waals surface area contributed by atoms with Crippen LogP contribution in [0.5, 0.6) is 0 Å². The van der Waals surface area contributed by atoms with Crippen LogP contribution in [0.1, 0.15) is 11.1 Å². The molecule has 0 aliphatic rings. The molecule has 0 aliphatic heterocycles. The number of halogens is 1. The molecule has 23 heavy (non-hydrogen) atoms. The minimum absolute atomic E-state index is 0.0356. The van der Waals surface area contributed by atoms with Gasteiger partial charge in [-0.3, -0.25) is 4.79 Å². The molecule has 2 rings (SSSR count). The number of benzene rings is 2. The van der Waals surface area contributed by atoms with E-state index in [1.165, 1.54) is 0 Å². The largest absolute Gasteiger partial charge is 0.481 e. The zero-order valence-corrected chi connectivity index (χ0v) is 13.1. The number of carbonyl (C=O) groups is 2. The van der Waals surface area contributed by atoms with E-state index in [1.54, 1.807) is 30.3 Å². The maximum atomic E-state index is 11.8. The molecule has 0 fully saturated rings. The van der Waals surface area contributed by atoms with Crippen LogP contribution < -0.4 is 10.6 Å². The van der Waals surface area contributed by atoms with E-state index in [4.69, 9.17) is 16.7 Å². The van der Waals surface area contributed by atoms with Crippen LogP contribution >= 0.6 is 11.6 Å². The van der Waals surface area contributed by atoms with E-state index in [-0.39, 0.29) is 12.5 Å². The van der Waals surface area contributed by atoms with Crippen molar-refractivity contribution >= 4 is 29.3 Å². The van der Waals surface area contributed by atoms with Gasteiger partial charge in [0.2, 0.25) is 0 Å². The number of aliphatic carboxylic acids is 1. The van der Waals surface area contributed by atoms with Crippen molar-refractivity contribution in [3.05, 3.63) is 64.7 Å². The summed E-state index contributed by atoms with van der Waals surface area (Å²) in [6, 6.07) is 13.9. The third-order valence-electron chi connectivity index (χ3n) is 3.16. The second-order valence-electron chi connectivity index (χ2n) is 5.03. The molecule has 6 heteroatoms. The molecular formula is C17H17ClN2O3. The Labute approximate surface area is 139 Å². The number of hydrogen-bond donors (Lipinski definition) is 3.